The number of carbonyl (C=O) groups excluding carboxylic acids is 5. The number of hydrogen-bond donors (Lipinski definition) is 4. The third kappa shape index (κ3) is 14.7. The second-order valence-electron chi connectivity index (χ2n) is 26.4. The highest BCUT2D eigenvalue weighted by Crippen LogP contribution is 2.41. The number of methoxy groups -OCH3 is 1. The van der Waals surface area contributed by atoms with Crippen LogP contribution in [0.3, 0.4) is 0 Å². The molecule has 3 aliphatic rings. The number of likely N-dealkylation sites (tertiary alicyclic amines) is 3. The van der Waals surface area contributed by atoms with E-state index in [2.05, 4.69) is 24.8 Å². The van der Waals surface area contributed by atoms with Crippen molar-refractivity contribution < 1.29 is 66.0 Å². The third-order valence-corrected chi connectivity index (χ3v) is 20.1. The number of aromatic amines is 3. The summed E-state index contributed by atoms with van der Waals surface area (Å²) >= 11 is 0. The number of rotatable bonds is 20. The van der Waals surface area contributed by atoms with Gasteiger partial charge in [-0.3, -0.25) is 38.7 Å². The average molecular weight is 1460 g/mol. The number of amides is 1. The van der Waals surface area contributed by atoms with E-state index in [-0.39, 0.29) is 101 Å². The summed E-state index contributed by atoms with van der Waals surface area (Å²) < 4.78 is 71.7. The molecule has 24 nitrogen and oxygen atoms in total. The van der Waals surface area contributed by atoms with Crippen molar-refractivity contribution in [3.8, 4) is 51.0 Å². The van der Waals surface area contributed by atoms with E-state index in [0.29, 0.717) is 79.4 Å². The number of carboxylic acids is 1. The number of pyridine rings is 3. The van der Waals surface area contributed by atoms with Gasteiger partial charge in [-0.05, 0) is 149 Å². The van der Waals surface area contributed by atoms with Crippen molar-refractivity contribution in [2.45, 2.75) is 110 Å². The van der Waals surface area contributed by atoms with Gasteiger partial charge in [0.2, 0.25) is 5.91 Å². The molecule has 12 rings (SSSR count). The predicted molar refractivity (Wildman–Crippen MR) is 385 cm³/mol. The first-order valence-electron chi connectivity index (χ1n) is 33.8. The molecule has 3 aromatic carbocycles. The number of alkyl halides is 3. The normalized spacial score (nSPS) is 15.9. The number of carboxylic acid groups (broad SMARTS) is 1. The molecule has 0 radical (unpaired) electrons. The standard InChI is InChI=1S/C74H79F3N10O14.2ClH/c1-10-49-59(39-20-23-54-45(31-39)34-48(84(54)8)38-87-27-16-17-55(87)70(94)98-9)78-65(88)56(69(92)93)62(49)99-71(95)57-63(50(11-2)60(79-66(57)89)40-18-22-53-44(29-40)33-47(83(53)7)37-86-28-24-42(35-86)68(91)81(4)5)100-72(96)58-64(101-73(97)74(75,76)77)51(12-3)61(80-67(58)90)41-19-21-52-43(30-41)32-46(82(52)6)36-85-25-14-13-15-26-85;;/h18-23,29-34,42,55H,10-17,24-28,35-38H2,1-9H3,(H,78,88)(H,79,89)(H,80,90)(H,92,93);2*1H/t42?,55-;;/m0../s1. The zero-order chi connectivity index (χ0) is 72.2. The van der Waals surface area contributed by atoms with Gasteiger partial charge >= 0.3 is 36.0 Å². The summed E-state index contributed by atoms with van der Waals surface area (Å²) in [6, 6.07) is 20.8. The summed E-state index contributed by atoms with van der Waals surface area (Å²) in [5.41, 5.74) is -1.81. The monoisotopic (exact) mass is 1460 g/mol. The van der Waals surface area contributed by atoms with E-state index in [1.54, 1.807) is 87.4 Å². The fourth-order valence-corrected chi connectivity index (χ4v) is 14.8. The Kier molecular flexibility index (Phi) is 22.6. The van der Waals surface area contributed by atoms with Crippen LogP contribution in [-0.2, 0) is 79.2 Å². The SMILES string of the molecule is CCc1c(-c2ccc3c(c2)cc(CN2CCC[C@H]2C(=O)OC)n3C)[nH]c(=O)c(C(=O)O)c1OC(=O)c1c(OC(=O)c2c(OC(=O)C(F)(F)F)c(CC)c(-c3ccc4c(c3)cc(CN3CCCCC3)n4C)[nH]c2=O)c(CC)c(-c2ccc3c(c2)cc(CN2CCC(C(=O)N(C)C)C2)n3C)[nH]c1=O.Cl.Cl. The van der Waals surface area contributed by atoms with E-state index in [9.17, 15) is 47.0 Å². The number of H-pyrrole nitrogens is 3. The number of nitrogens with one attached hydrogen (secondary N) is 3. The lowest BCUT2D eigenvalue weighted by Crippen LogP contribution is -2.36. The average Bonchev–Trinajstić information content (AvgIpc) is 1.19. The zero-order valence-corrected chi connectivity index (χ0v) is 60.1. The smallest absolute Gasteiger partial charge is 0.477 e. The van der Waals surface area contributed by atoms with E-state index < -0.39 is 86.7 Å². The Bertz CT molecular complexity index is 5060. The Labute approximate surface area is 601 Å². The molecule has 546 valence electrons. The first-order valence-corrected chi connectivity index (χ1v) is 33.8. The summed E-state index contributed by atoms with van der Waals surface area (Å²) in [6.07, 6.45) is -0.868. The number of aromatic carboxylic acids is 1. The summed E-state index contributed by atoms with van der Waals surface area (Å²) in [4.78, 5) is 143. The molecule has 9 heterocycles. The van der Waals surface area contributed by atoms with E-state index in [1.807, 2.05) is 57.9 Å². The van der Waals surface area contributed by atoms with Gasteiger partial charge in [-0.15, -0.1) is 24.8 Å². The number of esters is 4. The molecule has 3 saturated heterocycles. The molecule has 1 unspecified atom stereocenters. The fourth-order valence-electron chi connectivity index (χ4n) is 14.8. The molecule has 0 spiro atoms. The molecule has 0 saturated carbocycles. The maximum Gasteiger partial charge on any atom is 0.491 e. The van der Waals surface area contributed by atoms with Gasteiger partial charge in [0.1, 0.15) is 6.04 Å². The van der Waals surface area contributed by atoms with E-state index in [0.717, 1.165) is 72.4 Å². The number of fused-ring (bicyclic) bond motifs is 3. The molecule has 29 heteroatoms. The minimum absolute atomic E-state index is 0. The highest BCUT2D eigenvalue weighted by Gasteiger charge is 2.44. The van der Waals surface area contributed by atoms with Crippen molar-refractivity contribution >= 4 is 93.3 Å². The topological polar surface area (TPSA) is 286 Å². The second-order valence-corrected chi connectivity index (χ2v) is 26.4. The largest absolute Gasteiger partial charge is 0.491 e. The van der Waals surface area contributed by atoms with Crippen LogP contribution >= 0.6 is 24.8 Å². The highest BCUT2D eigenvalue weighted by atomic mass is 35.5. The number of aryl methyl sites for hydroxylation is 3. The van der Waals surface area contributed by atoms with Gasteiger partial charge in [0.25, 0.3) is 16.7 Å². The Balaban J connectivity index is 0.00000570. The summed E-state index contributed by atoms with van der Waals surface area (Å²) in [6.45, 7) is 9.92. The Morgan fingerprint density at radius 1 is 0.544 bits per heavy atom. The molecule has 6 aromatic heterocycles. The van der Waals surface area contributed by atoms with Crippen LogP contribution < -0.4 is 30.9 Å². The van der Waals surface area contributed by atoms with Crippen LogP contribution in [0.1, 0.15) is 124 Å². The first kappa shape index (κ1) is 75.9. The molecule has 3 fully saturated rings. The fraction of sp³-hybridized carbons (Fsp3) is 0.392. The number of ether oxygens (including phenoxy) is 4. The van der Waals surface area contributed by atoms with Crippen LogP contribution in [-0.4, -0.2) is 155 Å². The van der Waals surface area contributed by atoms with Gasteiger partial charge in [0.15, 0.2) is 33.9 Å². The van der Waals surface area contributed by atoms with Crippen LogP contribution in [0.4, 0.5) is 13.2 Å². The summed E-state index contributed by atoms with van der Waals surface area (Å²) in [5, 5.41) is 12.8. The van der Waals surface area contributed by atoms with Crippen LogP contribution in [0.2, 0.25) is 0 Å². The Morgan fingerprint density at radius 2 is 0.961 bits per heavy atom. The van der Waals surface area contributed by atoms with Crippen molar-refractivity contribution in [3.63, 3.8) is 0 Å². The molecule has 2 atom stereocenters. The quantitative estimate of drug-likeness (QED) is 0.0516. The van der Waals surface area contributed by atoms with E-state index in [4.69, 9.17) is 18.9 Å². The Hall–Kier alpha value is -9.80. The number of aromatic nitrogens is 6. The first-order chi connectivity index (χ1) is 48.2. The van der Waals surface area contributed by atoms with Gasteiger partial charge in [-0.1, -0.05) is 45.4 Å². The predicted octanol–water partition coefficient (Wildman–Crippen LogP) is 10.4. The van der Waals surface area contributed by atoms with Crippen molar-refractivity contribution in [1.82, 2.24) is 48.3 Å². The van der Waals surface area contributed by atoms with Gasteiger partial charge in [0.05, 0.1) is 30.1 Å². The van der Waals surface area contributed by atoms with E-state index in [1.165, 1.54) is 14.0 Å². The van der Waals surface area contributed by atoms with Crippen molar-refractivity contribution in [2.75, 3.05) is 53.9 Å². The molecule has 3 aliphatic heterocycles. The van der Waals surface area contributed by atoms with Gasteiger partial charge in [-0.25, -0.2) is 19.2 Å². The van der Waals surface area contributed by atoms with Gasteiger partial charge in [-0.2, -0.15) is 13.2 Å². The van der Waals surface area contributed by atoms with Crippen LogP contribution in [0.15, 0.2) is 87.2 Å². The number of piperidine rings is 1. The molecule has 4 N–H and O–H groups in total. The van der Waals surface area contributed by atoms with Crippen LogP contribution in [0.5, 0.6) is 17.2 Å². The molecule has 1 amide bonds. The molecule has 0 bridgehead atoms. The summed E-state index contributed by atoms with van der Waals surface area (Å²) in [7, 11) is 10.4. The zero-order valence-electron chi connectivity index (χ0n) is 58.4. The van der Waals surface area contributed by atoms with Crippen LogP contribution in [0.25, 0.3) is 66.5 Å². The van der Waals surface area contributed by atoms with E-state index >= 15 is 14.4 Å². The molecule has 0 aliphatic carbocycles. The lowest BCUT2D eigenvalue weighted by atomic mass is 9.98. The number of halogens is 5. The number of benzene rings is 3. The number of nitrogens with zero attached hydrogens (tertiary/aromatic N) is 7. The lowest BCUT2D eigenvalue weighted by molar-refractivity contribution is -0.189. The van der Waals surface area contributed by atoms with Gasteiger partial charge < -0.3 is 57.6 Å². The maximum atomic E-state index is 15.4. The second kappa shape index (κ2) is 30.6. The Morgan fingerprint density at radius 3 is 1.38 bits per heavy atom. The summed E-state index contributed by atoms with van der Waals surface area (Å²) in [5.74, 6) is -11.4. The van der Waals surface area contributed by atoms with Gasteiger partial charge in [0, 0.05) is 128 Å². The minimum Gasteiger partial charge on any atom is -0.477 e. The van der Waals surface area contributed by atoms with Crippen molar-refractivity contribution in [1.29, 1.82) is 0 Å². The number of carbonyl (C=O) groups is 6. The minimum atomic E-state index is -5.67. The number of hydrogen-bond acceptors (Lipinski definition) is 16. The molecule has 9 aromatic rings. The molecular formula is C74H81Cl2F3N10O14. The van der Waals surface area contributed by atoms with Crippen molar-refractivity contribution in [2.24, 2.45) is 27.1 Å². The maximum absolute atomic E-state index is 15.4. The van der Waals surface area contributed by atoms with Crippen LogP contribution in [0, 0.1) is 5.92 Å². The third-order valence-electron chi connectivity index (χ3n) is 20.1. The lowest BCUT2D eigenvalue weighted by Gasteiger charge is -2.26. The molecule has 103 heavy (non-hydrogen) atoms. The van der Waals surface area contributed by atoms with Crippen molar-refractivity contribution in [3.05, 3.63) is 154 Å². The highest BCUT2D eigenvalue weighted by molar-refractivity contribution is 6.02. The molecular weight excluding hydrogens is 1380 g/mol.